The molecule has 3 fully saturated rings. The van der Waals surface area contributed by atoms with Crippen molar-refractivity contribution in [2.75, 3.05) is 57.4 Å². The second-order valence-corrected chi connectivity index (χ2v) is 25.6. The van der Waals surface area contributed by atoms with Crippen molar-refractivity contribution in [1.82, 2.24) is 20.1 Å². The van der Waals surface area contributed by atoms with Gasteiger partial charge in [-0.2, -0.15) is 0 Å². The Bertz CT molecular complexity index is 2560. The zero-order valence-corrected chi connectivity index (χ0v) is 41.6. The van der Waals surface area contributed by atoms with E-state index in [1.54, 1.807) is 17.0 Å². The maximum absolute atomic E-state index is 13.5. The van der Waals surface area contributed by atoms with E-state index in [0.29, 0.717) is 56.6 Å². The maximum atomic E-state index is 13.5. The summed E-state index contributed by atoms with van der Waals surface area (Å²) in [6.07, 6.45) is 4.70. The molecule has 1 aliphatic heterocycles. The summed E-state index contributed by atoms with van der Waals surface area (Å²) in [7, 11) is -2.22. The molecule has 2 aliphatic carbocycles. The Hall–Kier alpha value is -5.31. The minimum atomic E-state index is -2.22. The van der Waals surface area contributed by atoms with Crippen molar-refractivity contribution in [1.29, 1.82) is 0 Å². The monoisotopic (exact) mass is 942 g/mol. The van der Waals surface area contributed by atoms with E-state index in [2.05, 4.69) is 73.3 Å². The zero-order valence-electron chi connectivity index (χ0n) is 40.6. The highest BCUT2D eigenvalue weighted by atomic mass is 28.4. The van der Waals surface area contributed by atoms with Gasteiger partial charge in [-0.05, 0) is 109 Å². The standard InChI is InChI=1S/C55H71N5O7Si/c1-55(2,3)68(4,5)67-50(46-20-22-49(61)53-47(46)21-23-51(62)57-53)35-56-27-29-59(43-18-19-43)52(63)26-31-66-30-25-39-13-11-12-38(32-39)24-28-58-36-41-33-44(34-42(41)37-58)60(54(64)65)48-17-10-9-16-45(48)40-14-7-6-8-15-40/h6-17,20-23,32,41-44,50,56,61H,18-19,24-31,33-37H2,1-5H3,(H,57,62)(H,64,65)/t41-,42+,44?,50-/m0/s1. The van der Waals surface area contributed by atoms with E-state index in [0.717, 1.165) is 85.9 Å². The second kappa shape index (κ2) is 21.5. The molecule has 2 saturated carbocycles. The lowest BCUT2D eigenvalue weighted by Crippen LogP contribution is -2.44. The Morgan fingerprint density at radius 1 is 0.868 bits per heavy atom. The number of pyridine rings is 1. The number of aromatic hydroxyl groups is 1. The molecular formula is C55H71N5O7Si. The molecule has 0 radical (unpaired) electrons. The van der Waals surface area contributed by atoms with Crippen LogP contribution < -0.4 is 15.8 Å². The Morgan fingerprint density at radius 2 is 1.57 bits per heavy atom. The predicted molar refractivity (Wildman–Crippen MR) is 273 cm³/mol. The number of fused-ring (bicyclic) bond motifs is 2. The molecule has 4 atom stereocenters. The number of carbonyl (C=O) groups excluding carboxylic acids is 1. The highest BCUT2D eigenvalue weighted by Gasteiger charge is 2.45. The van der Waals surface area contributed by atoms with Crippen molar-refractivity contribution in [3.05, 3.63) is 130 Å². The van der Waals surface area contributed by atoms with Crippen LogP contribution in [0.3, 0.4) is 0 Å². The number of anilines is 1. The summed E-state index contributed by atoms with van der Waals surface area (Å²) in [5.74, 6) is 1.13. The fourth-order valence-corrected chi connectivity index (χ4v) is 11.5. The summed E-state index contributed by atoms with van der Waals surface area (Å²) in [5.41, 5.74) is 6.32. The first-order valence-corrected chi connectivity index (χ1v) is 27.6. The SMILES string of the molecule is CC(C)(C)[Si](C)(C)O[C@@H](CNCCN(C(=O)CCOCCc1cccc(CCN2C[C@H]3CC(N(C(=O)O)c4ccccc4-c4ccccc4)C[C@H]3C2)c1)C1CC1)c1ccc(O)c2[nH]c(=O)ccc12. The van der Waals surface area contributed by atoms with Crippen LogP contribution in [0.15, 0.2) is 108 Å². The van der Waals surface area contributed by atoms with Gasteiger partial charge in [0.2, 0.25) is 11.5 Å². The Labute approximate surface area is 402 Å². The molecule has 4 N–H and O–H groups in total. The lowest BCUT2D eigenvalue weighted by Gasteiger charge is -2.39. The van der Waals surface area contributed by atoms with Crippen molar-refractivity contribution in [3.63, 3.8) is 0 Å². The lowest BCUT2D eigenvalue weighted by molar-refractivity contribution is -0.132. The lowest BCUT2D eigenvalue weighted by atomic mass is 10.0. The number of hydrogen-bond donors (Lipinski definition) is 4. The first kappa shape index (κ1) is 49.1. The Balaban J connectivity index is 0.763. The van der Waals surface area contributed by atoms with Crippen LogP contribution in [0.4, 0.5) is 10.5 Å². The molecule has 362 valence electrons. The van der Waals surface area contributed by atoms with Gasteiger partial charge in [0.25, 0.3) is 0 Å². The van der Waals surface area contributed by atoms with Gasteiger partial charge in [-0.15, -0.1) is 0 Å². The van der Waals surface area contributed by atoms with E-state index < -0.39 is 14.4 Å². The van der Waals surface area contributed by atoms with Crippen LogP contribution in [-0.2, 0) is 26.8 Å². The molecule has 5 aromatic rings. The highest BCUT2D eigenvalue weighted by molar-refractivity contribution is 6.74. The average Bonchev–Trinajstić information content (AvgIpc) is 3.97. The summed E-state index contributed by atoms with van der Waals surface area (Å²) in [5, 5.41) is 25.3. The molecule has 68 heavy (non-hydrogen) atoms. The number of H-pyrrole nitrogens is 1. The minimum absolute atomic E-state index is 0.0239. The predicted octanol–water partition coefficient (Wildman–Crippen LogP) is 9.63. The third kappa shape index (κ3) is 11.9. The molecule has 3 aliphatic rings. The number of likely N-dealkylation sites (tertiary alicyclic amines) is 1. The number of aromatic nitrogens is 1. The van der Waals surface area contributed by atoms with E-state index in [-0.39, 0.29) is 40.4 Å². The Morgan fingerprint density at radius 3 is 2.28 bits per heavy atom. The van der Waals surface area contributed by atoms with Crippen molar-refractivity contribution < 1.29 is 29.0 Å². The molecule has 4 aromatic carbocycles. The largest absolute Gasteiger partial charge is 0.506 e. The van der Waals surface area contributed by atoms with Crippen LogP contribution in [0.25, 0.3) is 22.0 Å². The second-order valence-electron chi connectivity index (χ2n) is 20.8. The van der Waals surface area contributed by atoms with Crippen molar-refractivity contribution in [3.8, 4) is 16.9 Å². The normalized spacial score (nSPS) is 19.0. The summed E-state index contributed by atoms with van der Waals surface area (Å²) in [4.78, 5) is 47.4. The van der Waals surface area contributed by atoms with Crippen LogP contribution in [0.1, 0.15) is 75.7 Å². The molecule has 0 spiro atoms. The van der Waals surface area contributed by atoms with Crippen LogP contribution in [0.2, 0.25) is 18.1 Å². The summed E-state index contributed by atoms with van der Waals surface area (Å²) >= 11 is 0. The number of nitrogens with zero attached hydrogens (tertiary/aromatic N) is 3. The van der Waals surface area contributed by atoms with Gasteiger partial charge in [0.15, 0.2) is 8.32 Å². The van der Waals surface area contributed by atoms with Gasteiger partial charge in [-0.25, -0.2) is 4.79 Å². The highest BCUT2D eigenvalue weighted by Crippen LogP contribution is 2.44. The smallest absolute Gasteiger partial charge is 0.412 e. The molecule has 13 heteroatoms. The third-order valence-corrected chi connectivity index (χ3v) is 19.5. The van der Waals surface area contributed by atoms with Crippen LogP contribution >= 0.6 is 0 Å². The molecular weight excluding hydrogens is 871 g/mol. The zero-order chi connectivity index (χ0) is 48.0. The molecule has 1 saturated heterocycles. The van der Waals surface area contributed by atoms with Gasteiger partial charge in [-0.3, -0.25) is 14.5 Å². The number of hydrogen-bond acceptors (Lipinski definition) is 8. The van der Waals surface area contributed by atoms with Gasteiger partial charge in [0, 0.05) is 68.4 Å². The number of amides is 2. The first-order chi connectivity index (χ1) is 32.6. The number of nitrogens with one attached hydrogen (secondary N) is 2. The number of para-hydroxylation sites is 1. The molecule has 2 amide bonds. The number of carboxylic acid groups (broad SMARTS) is 1. The van der Waals surface area contributed by atoms with E-state index in [4.69, 9.17) is 9.16 Å². The number of aromatic amines is 1. The fraction of sp³-hybridized carbons (Fsp3) is 0.473. The quantitative estimate of drug-likeness (QED) is 0.0417. The first-order valence-electron chi connectivity index (χ1n) is 24.7. The van der Waals surface area contributed by atoms with Crippen LogP contribution in [0, 0.1) is 11.8 Å². The number of rotatable bonds is 21. The summed E-state index contributed by atoms with van der Waals surface area (Å²) in [6, 6.07) is 33.7. The van der Waals surface area contributed by atoms with Crippen molar-refractivity contribution in [2.24, 2.45) is 11.8 Å². The van der Waals surface area contributed by atoms with Crippen LogP contribution in [-0.4, -0.2) is 110 Å². The molecule has 1 unspecified atom stereocenters. The summed E-state index contributed by atoms with van der Waals surface area (Å²) < 4.78 is 13.0. The van der Waals surface area contributed by atoms with Gasteiger partial charge in [-0.1, -0.05) is 99.6 Å². The van der Waals surface area contributed by atoms with E-state index >= 15 is 0 Å². The average molecular weight is 942 g/mol. The molecule has 12 nitrogen and oxygen atoms in total. The molecule has 1 aromatic heterocycles. The Kier molecular flexibility index (Phi) is 15.6. The number of benzene rings is 4. The number of phenols is 1. The van der Waals surface area contributed by atoms with E-state index in [1.165, 1.54) is 17.2 Å². The number of carbonyl (C=O) groups is 2. The van der Waals surface area contributed by atoms with Gasteiger partial charge >= 0.3 is 6.09 Å². The molecule has 8 rings (SSSR count). The maximum Gasteiger partial charge on any atom is 0.412 e. The summed E-state index contributed by atoms with van der Waals surface area (Å²) in [6.45, 7) is 16.7. The van der Waals surface area contributed by atoms with E-state index in [1.807, 2.05) is 65.6 Å². The van der Waals surface area contributed by atoms with Gasteiger partial charge in [0.1, 0.15) is 5.75 Å². The van der Waals surface area contributed by atoms with Gasteiger partial charge < -0.3 is 39.5 Å². The molecule has 2 heterocycles. The number of phenolic OH excluding ortho intramolecular Hbond substituents is 1. The number of ether oxygens (including phenoxy) is 1. The molecule has 0 bridgehead atoms. The van der Waals surface area contributed by atoms with Crippen LogP contribution in [0.5, 0.6) is 5.75 Å². The van der Waals surface area contributed by atoms with Crippen molar-refractivity contribution >= 4 is 36.9 Å². The van der Waals surface area contributed by atoms with Crippen molar-refractivity contribution in [2.45, 2.75) is 102 Å². The minimum Gasteiger partial charge on any atom is -0.506 e. The van der Waals surface area contributed by atoms with Gasteiger partial charge in [0.05, 0.1) is 36.9 Å². The topological polar surface area (TPSA) is 148 Å². The van der Waals surface area contributed by atoms with E-state index in [9.17, 15) is 24.6 Å². The fourth-order valence-electron chi connectivity index (χ4n) is 10.2. The third-order valence-electron chi connectivity index (χ3n) is 15.0.